The maximum Gasteiger partial charge on any atom is 0.337 e. The van der Waals surface area contributed by atoms with Crippen LogP contribution >= 0.6 is 0 Å². The molecule has 1 aliphatic carbocycles. The highest BCUT2D eigenvalue weighted by Crippen LogP contribution is 2.33. The van der Waals surface area contributed by atoms with E-state index in [9.17, 15) is 13.2 Å². The number of rotatable bonds is 7. The highest BCUT2D eigenvalue weighted by molar-refractivity contribution is 7.89. The van der Waals surface area contributed by atoms with Crippen LogP contribution in [0.5, 0.6) is 0 Å². The Morgan fingerprint density at radius 1 is 1.07 bits per heavy atom. The summed E-state index contributed by atoms with van der Waals surface area (Å²) in [6, 6.07) is 14.1. The fraction of sp³-hybridized carbons (Fsp3) is 0.381. The van der Waals surface area contributed by atoms with E-state index in [0.717, 1.165) is 18.4 Å². The third-order valence-electron chi connectivity index (χ3n) is 4.82. The van der Waals surface area contributed by atoms with Gasteiger partial charge in [0.15, 0.2) is 0 Å². The van der Waals surface area contributed by atoms with Gasteiger partial charge in [-0.15, -0.1) is 0 Å². The van der Waals surface area contributed by atoms with Crippen LogP contribution < -0.4 is 0 Å². The number of nitrogens with zero attached hydrogens (tertiary/aromatic N) is 1. The van der Waals surface area contributed by atoms with Crippen molar-refractivity contribution in [1.29, 1.82) is 0 Å². The van der Waals surface area contributed by atoms with Crippen molar-refractivity contribution in [2.75, 3.05) is 7.11 Å². The first kappa shape index (κ1) is 19.6. The largest absolute Gasteiger partial charge is 0.465 e. The number of benzene rings is 2. The summed E-state index contributed by atoms with van der Waals surface area (Å²) in [5.74, 6) is -0.0427. The van der Waals surface area contributed by atoms with E-state index >= 15 is 0 Å². The number of carbonyl (C=O) groups is 1. The molecule has 0 aromatic heterocycles. The van der Waals surface area contributed by atoms with Crippen LogP contribution in [-0.4, -0.2) is 31.8 Å². The molecule has 6 heteroatoms. The van der Waals surface area contributed by atoms with Crippen molar-refractivity contribution in [3.05, 3.63) is 65.2 Å². The molecular weight excluding hydrogens is 362 g/mol. The molecule has 27 heavy (non-hydrogen) atoms. The monoisotopic (exact) mass is 387 g/mol. The predicted molar refractivity (Wildman–Crippen MR) is 104 cm³/mol. The molecule has 0 atom stereocenters. The minimum absolute atomic E-state index is 0.0417. The molecule has 0 amide bonds. The lowest BCUT2D eigenvalue weighted by Gasteiger charge is -2.22. The Hall–Kier alpha value is -2.18. The molecule has 0 aliphatic heterocycles. The lowest BCUT2D eigenvalue weighted by Crippen LogP contribution is -2.32. The average molecular weight is 388 g/mol. The van der Waals surface area contributed by atoms with Crippen molar-refractivity contribution >= 4 is 16.0 Å². The average Bonchev–Trinajstić information content (AvgIpc) is 3.50. The quantitative estimate of drug-likeness (QED) is 0.675. The van der Waals surface area contributed by atoms with E-state index in [1.807, 2.05) is 12.1 Å². The van der Waals surface area contributed by atoms with Gasteiger partial charge in [0.05, 0.1) is 17.6 Å². The molecule has 3 rings (SSSR count). The summed E-state index contributed by atoms with van der Waals surface area (Å²) in [6.07, 6.45) is 1.76. The van der Waals surface area contributed by atoms with Gasteiger partial charge in [0.25, 0.3) is 0 Å². The zero-order valence-electron chi connectivity index (χ0n) is 15.9. The second kappa shape index (κ2) is 7.82. The Bertz CT molecular complexity index is 898. The van der Waals surface area contributed by atoms with Gasteiger partial charge in [-0.25, -0.2) is 13.2 Å². The standard InChI is InChI=1S/C21H25NO4S/c1-15(2)17-6-4-16(5-7-17)14-22(19-10-11-19)27(24,25)20-12-8-18(9-13-20)21(23)26-3/h4-9,12-13,15,19H,10-11,14H2,1-3H3. The van der Waals surface area contributed by atoms with E-state index in [1.54, 1.807) is 4.31 Å². The van der Waals surface area contributed by atoms with E-state index in [1.165, 1.54) is 36.9 Å². The molecule has 0 heterocycles. The molecule has 0 radical (unpaired) electrons. The van der Waals surface area contributed by atoms with Gasteiger partial charge in [-0.3, -0.25) is 0 Å². The third kappa shape index (κ3) is 4.39. The lowest BCUT2D eigenvalue weighted by atomic mass is 10.0. The molecule has 1 saturated carbocycles. The summed E-state index contributed by atoms with van der Waals surface area (Å²) in [7, 11) is -2.33. The number of methoxy groups -OCH3 is 1. The summed E-state index contributed by atoms with van der Waals surface area (Å²) in [4.78, 5) is 11.8. The molecule has 2 aromatic rings. The van der Waals surface area contributed by atoms with Crippen molar-refractivity contribution in [1.82, 2.24) is 4.31 Å². The molecular formula is C21H25NO4S. The third-order valence-corrected chi connectivity index (χ3v) is 6.73. The van der Waals surface area contributed by atoms with Crippen LogP contribution in [0.1, 0.15) is 54.1 Å². The number of esters is 1. The summed E-state index contributed by atoms with van der Waals surface area (Å²) in [6.45, 7) is 4.62. The minimum atomic E-state index is -3.63. The highest BCUT2D eigenvalue weighted by atomic mass is 32.2. The van der Waals surface area contributed by atoms with Gasteiger partial charge in [0, 0.05) is 12.6 Å². The van der Waals surface area contributed by atoms with Gasteiger partial charge < -0.3 is 4.74 Å². The SMILES string of the molecule is COC(=O)c1ccc(S(=O)(=O)N(Cc2ccc(C(C)C)cc2)C2CC2)cc1. The van der Waals surface area contributed by atoms with Crippen LogP contribution in [0.15, 0.2) is 53.4 Å². The van der Waals surface area contributed by atoms with E-state index in [0.29, 0.717) is 18.0 Å². The second-order valence-corrected chi connectivity index (χ2v) is 9.08. The maximum absolute atomic E-state index is 13.2. The zero-order valence-corrected chi connectivity index (χ0v) is 16.7. The molecule has 0 bridgehead atoms. The molecule has 0 spiro atoms. The summed E-state index contributed by atoms with van der Waals surface area (Å²) in [5.41, 5.74) is 2.54. The first-order valence-corrected chi connectivity index (χ1v) is 10.6. The normalized spacial score (nSPS) is 14.6. The van der Waals surface area contributed by atoms with Gasteiger partial charge in [-0.05, 0) is 54.2 Å². The predicted octanol–water partition coefficient (Wildman–Crippen LogP) is 3.95. The van der Waals surface area contributed by atoms with Crippen molar-refractivity contribution in [2.24, 2.45) is 0 Å². The van der Waals surface area contributed by atoms with Crippen LogP contribution in [0, 0.1) is 0 Å². The zero-order chi connectivity index (χ0) is 19.6. The molecule has 0 N–H and O–H groups in total. The van der Waals surface area contributed by atoms with Gasteiger partial charge in [0.1, 0.15) is 0 Å². The lowest BCUT2D eigenvalue weighted by molar-refractivity contribution is 0.0600. The summed E-state index contributed by atoms with van der Waals surface area (Å²) >= 11 is 0. The van der Waals surface area contributed by atoms with Crippen molar-refractivity contribution in [3.8, 4) is 0 Å². The Labute approximate surface area is 161 Å². The van der Waals surface area contributed by atoms with Crippen molar-refractivity contribution < 1.29 is 17.9 Å². The number of carbonyl (C=O) groups excluding carboxylic acids is 1. The Kier molecular flexibility index (Phi) is 5.67. The number of hydrogen-bond donors (Lipinski definition) is 0. The molecule has 0 saturated heterocycles. The van der Waals surface area contributed by atoms with Crippen LogP contribution in [0.3, 0.4) is 0 Å². The van der Waals surface area contributed by atoms with Gasteiger partial charge >= 0.3 is 5.97 Å². The first-order valence-electron chi connectivity index (χ1n) is 9.12. The van der Waals surface area contributed by atoms with Crippen molar-refractivity contribution in [3.63, 3.8) is 0 Å². The van der Waals surface area contributed by atoms with Crippen molar-refractivity contribution in [2.45, 2.75) is 50.1 Å². The smallest absolute Gasteiger partial charge is 0.337 e. The minimum Gasteiger partial charge on any atom is -0.465 e. The van der Waals surface area contributed by atoms with E-state index in [-0.39, 0.29) is 10.9 Å². The molecule has 0 unspecified atom stereocenters. The molecule has 2 aromatic carbocycles. The molecule has 5 nitrogen and oxygen atoms in total. The summed E-state index contributed by atoms with van der Waals surface area (Å²) in [5, 5.41) is 0. The topological polar surface area (TPSA) is 63.7 Å². The van der Waals surface area contributed by atoms with E-state index in [4.69, 9.17) is 0 Å². The Morgan fingerprint density at radius 3 is 2.15 bits per heavy atom. The second-order valence-electron chi connectivity index (χ2n) is 7.19. The number of hydrogen-bond acceptors (Lipinski definition) is 4. The maximum atomic E-state index is 13.2. The van der Waals surface area contributed by atoms with Crippen LogP contribution in [0.4, 0.5) is 0 Å². The summed E-state index contributed by atoms with van der Waals surface area (Å²) < 4.78 is 32.5. The fourth-order valence-corrected chi connectivity index (χ4v) is 4.65. The van der Waals surface area contributed by atoms with Gasteiger partial charge in [-0.1, -0.05) is 38.1 Å². The van der Waals surface area contributed by atoms with E-state index < -0.39 is 16.0 Å². The van der Waals surface area contributed by atoms with Crippen LogP contribution in [0.2, 0.25) is 0 Å². The van der Waals surface area contributed by atoms with Gasteiger partial charge in [0.2, 0.25) is 10.0 Å². The molecule has 1 aliphatic rings. The fourth-order valence-electron chi connectivity index (χ4n) is 2.98. The van der Waals surface area contributed by atoms with Gasteiger partial charge in [-0.2, -0.15) is 4.31 Å². The van der Waals surface area contributed by atoms with Crippen LogP contribution in [-0.2, 0) is 21.3 Å². The molecule has 144 valence electrons. The van der Waals surface area contributed by atoms with E-state index in [2.05, 4.69) is 30.7 Å². The molecule has 1 fully saturated rings. The number of sulfonamides is 1. The first-order chi connectivity index (χ1) is 12.8. The highest BCUT2D eigenvalue weighted by Gasteiger charge is 2.38. The van der Waals surface area contributed by atoms with Crippen LogP contribution in [0.25, 0.3) is 0 Å². The Balaban J connectivity index is 1.84. The number of ether oxygens (including phenoxy) is 1. The Morgan fingerprint density at radius 2 is 1.67 bits per heavy atom.